The van der Waals surface area contributed by atoms with Gasteiger partial charge in [-0.3, -0.25) is 9.59 Å². The maximum absolute atomic E-state index is 12.3. The molecule has 3 aromatic rings. The van der Waals surface area contributed by atoms with E-state index in [0.717, 1.165) is 17.1 Å². The summed E-state index contributed by atoms with van der Waals surface area (Å²) in [6, 6.07) is 15.0. The van der Waals surface area contributed by atoms with Crippen LogP contribution in [-0.2, 0) is 11.3 Å². The first-order valence-corrected chi connectivity index (χ1v) is 10.6. The minimum atomic E-state index is -0.141. The average Bonchev–Trinajstić information content (AvgIpc) is 3.15. The van der Waals surface area contributed by atoms with E-state index in [-0.39, 0.29) is 17.4 Å². The second kappa shape index (κ2) is 9.58. The molecule has 0 spiro atoms. The highest BCUT2D eigenvalue weighted by Crippen LogP contribution is 2.26. The molecule has 1 N–H and O–H groups in total. The fraction of sp³-hybridized carbons (Fsp3) is 0.273. The Balaban J connectivity index is 1.68. The van der Waals surface area contributed by atoms with Gasteiger partial charge < -0.3 is 14.8 Å². The second-order valence-electron chi connectivity index (χ2n) is 6.97. The van der Waals surface area contributed by atoms with E-state index in [2.05, 4.69) is 21.6 Å². The highest BCUT2D eigenvalue weighted by molar-refractivity contribution is 7.99. The number of rotatable bonds is 8. The van der Waals surface area contributed by atoms with E-state index < -0.39 is 0 Å². The molecule has 3 rings (SSSR count). The van der Waals surface area contributed by atoms with E-state index in [0.29, 0.717) is 23.0 Å². The van der Waals surface area contributed by atoms with Crippen LogP contribution in [0.15, 0.2) is 53.7 Å². The van der Waals surface area contributed by atoms with Crippen LogP contribution in [0.3, 0.4) is 0 Å². The fourth-order valence-corrected chi connectivity index (χ4v) is 3.74. The van der Waals surface area contributed by atoms with Crippen molar-refractivity contribution in [2.45, 2.75) is 25.5 Å². The molecule has 0 aliphatic rings. The third kappa shape index (κ3) is 5.07. The van der Waals surface area contributed by atoms with Gasteiger partial charge in [-0.25, -0.2) is 0 Å². The van der Waals surface area contributed by atoms with Gasteiger partial charge >= 0.3 is 0 Å². The molecule has 156 valence electrons. The lowest BCUT2D eigenvalue weighted by Gasteiger charge is -2.14. The van der Waals surface area contributed by atoms with Crippen LogP contribution in [0, 0.1) is 0 Å². The van der Waals surface area contributed by atoms with Crippen LogP contribution in [0.4, 0.5) is 11.4 Å². The maximum atomic E-state index is 12.3. The Labute approximate surface area is 180 Å². The molecular formula is C22H25N5O2S. The van der Waals surface area contributed by atoms with E-state index in [1.807, 2.05) is 48.7 Å². The smallest absolute Gasteiger partial charge is 0.234 e. The number of thioether (sulfide) groups is 1. The van der Waals surface area contributed by atoms with Crippen LogP contribution in [0.2, 0.25) is 0 Å². The van der Waals surface area contributed by atoms with Crippen molar-refractivity contribution < 1.29 is 9.59 Å². The van der Waals surface area contributed by atoms with Gasteiger partial charge in [-0.15, -0.1) is 10.2 Å². The van der Waals surface area contributed by atoms with Gasteiger partial charge in [0.05, 0.1) is 5.75 Å². The van der Waals surface area contributed by atoms with Crippen LogP contribution < -0.4 is 10.2 Å². The number of benzene rings is 2. The van der Waals surface area contributed by atoms with E-state index in [9.17, 15) is 9.59 Å². The van der Waals surface area contributed by atoms with Crippen LogP contribution in [0.1, 0.15) is 24.2 Å². The lowest BCUT2D eigenvalue weighted by atomic mass is 10.1. The summed E-state index contributed by atoms with van der Waals surface area (Å²) in [6.07, 6.45) is 0. The summed E-state index contributed by atoms with van der Waals surface area (Å²) in [5.74, 6) is 0.847. The molecule has 0 aliphatic heterocycles. The van der Waals surface area contributed by atoms with Crippen LogP contribution in [0.25, 0.3) is 11.4 Å². The number of amides is 1. The lowest BCUT2D eigenvalue weighted by molar-refractivity contribution is -0.113. The van der Waals surface area contributed by atoms with E-state index >= 15 is 0 Å². The number of ketones is 1. The minimum absolute atomic E-state index is 0.00532. The summed E-state index contributed by atoms with van der Waals surface area (Å²) in [4.78, 5) is 25.7. The first kappa shape index (κ1) is 21.6. The average molecular weight is 424 g/mol. The second-order valence-corrected chi connectivity index (χ2v) is 7.91. The first-order valence-electron chi connectivity index (χ1n) is 9.63. The Bertz CT molecular complexity index is 1040. The number of hydrogen-bond acceptors (Lipinski definition) is 6. The van der Waals surface area contributed by atoms with Gasteiger partial charge in [0.1, 0.15) is 0 Å². The van der Waals surface area contributed by atoms with Gasteiger partial charge in [0, 0.05) is 43.1 Å². The van der Waals surface area contributed by atoms with Crippen molar-refractivity contribution in [1.82, 2.24) is 14.8 Å². The number of carbonyl (C=O) groups is 2. The van der Waals surface area contributed by atoms with Crippen molar-refractivity contribution in [3.05, 3.63) is 54.1 Å². The van der Waals surface area contributed by atoms with Crippen molar-refractivity contribution >= 4 is 34.8 Å². The minimum Gasteiger partial charge on any atom is -0.378 e. The van der Waals surface area contributed by atoms with Gasteiger partial charge in [0.15, 0.2) is 16.8 Å². The summed E-state index contributed by atoms with van der Waals surface area (Å²) in [5, 5.41) is 12.2. The molecule has 0 saturated carbocycles. The van der Waals surface area contributed by atoms with E-state index in [4.69, 9.17) is 0 Å². The quantitative estimate of drug-likeness (QED) is 0.436. The zero-order valence-electron chi connectivity index (χ0n) is 17.5. The SMILES string of the molecule is CCn1c(SCC(=O)Nc2ccc(C(C)=O)cc2)nnc1-c1cccc(N(C)C)c1. The molecule has 1 amide bonds. The highest BCUT2D eigenvalue weighted by Gasteiger charge is 2.15. The standard InChI is InChI=1S/C22H25N5O2S/c1-5-27-21(17-7-6-8-19(13-17)26(3)4)24-25-22(27)30-14-20(29)23-18-11-9-16(10-12-18)15(2)28/h6-13H,5,14H2,1-4H3,(H,23,29). The number of nitrogens with zero attached hydrogens (tertiary/aromatic N) is 4. The number of aromatic nitrogens is 3. The fourth-order valence-electron chi connectivity index (χ4n) is 2.93. The largest absolute Gasteiger partial charge is 0.378 e. The molecule has 8 heteroatoms. The van der Waals surface area contributed by atoms with Crippen LogP contribution in [-0.4, -0.2) is 46.3 Å². The molecule has 0 unspecified atom stereocenters. The normalized spacial score (nSPS) is 10.7. The summed E-state index contributed by atoms with van der Waals surface area (Å²) in [6.45, 7) is 4.24. The van der Waals surface area contributed by atoms with Crippen LogP contribution >= 0.6 is 11.8 Å². The molecule has 1 aromatic heterocycles. The number of nitrogens with one attached hydrogen (secondary N) is 1. The molecule has 0 saturated heterocycles. The molecule has 0 radical (unpaired) electrons. The molecule has 0 aliphatic carbocycles. The van der Waals surface area contributed by atoms with Crippen molar-refractivity contribution in [3.63, 3.8) is 0 Å². The van der Waals surface area contributed by atoms with Gasteiger partial charge in [0.25, 0.3) is 0 Å². The summed E-state index contributed by atoms with van der Waals surface area (Å²) in [7, 11) is 3.99. The van der Waals surface area contributed by atoms with Gasteiger partial charge in [-0.1, -0.05) is 23.9 Å². The van der Waals surface area contributed by atoms with Crippen molar-refractivity contribution in [3.8, 4) is 11.4 Å². The van der Waals surface area contributed by atoms with Gasteiger partial charge in [-0.2, -0.15) is 0 Å². The Morgan fingerprint density at radius 2 is 1.83 bits per heavy atom. The lowest BCUT2D eigenvalue weighted by Crippen LogP contribution is -2.14. The molecule has 2 aromatic carbocycles. The van der Waals surface area contributed by atoms with Gasteiger partial charge in [0.2, 0.25) is 5.91 Å². The third-order valence-electron chi connectivity index (χ3n) is 4.56. The third-order valence-corrected chi connectivity index (χ3v) is 5.53. The van der Waals surface area contributed by atoms with E-state index in [1.54, 1.807) is 24.3 Å². The van der Waals surface area contributed by atoms with Gasteiger partial charge in [-0.05, 0) is 50.2 Å². The predicted octanol–water partition coefficient (Wildman–Crippen LogP) is 3.96. The molecule has 7 nitrogen and oxygen atoms in total. The summed E-state index contributed by atoms with van der Waals surface area (Å²) < 4.78 is 2.01. The maximum Gasteiger partial charge on any atom is 0.234 e. The monoisotopic (exact) mass is 423 g/mol. The number of carbonyl (C=O) groups excluding carboxylic acids is 2. The van der Waals surface area contributed by atoms with Crippen molar-refractivity contribution in [2.24, 2.45) is 0 Å². The number of hydrogen-bond donors (Lipinski definition) is 1. The Kier molecular flexibility index (Phi) is 6.89. The highest BCUT2D eigenvalue weighted by atomic mass is 32.2. The van der Waals surface area contributed by atoms with Crippen molar-refractivity contribution in [2.75, 3.05) is 30.1 Å². The predicted molar refractivity (Wildman–Crippen MR) is 121 cm³/mol. The molecule has 1 heterocycles. The van der Waals surface area contributed by atoms with Crippen molar-refractivity contribution in [1.29, 1.82) is 0 Å². The zero-order valence-corrected chi connectivity index (χ0v) is 18.4. The molecule has 0 fully saturated rings. The topological polar surface area (TPSA) is 80.1 Å². The first-order chi connectivity index (χ1) is 14.4. The Hall–Kier alpha value is -3.13. The zero-order chi connectivity index (χ0) is 21.7. The summed E-state index contributed by atoms with van der Waals surface area (Å²) >= 11 is 1.35. The number of anilines is 2. The van der Waals surface area contributed by atoms with Crippen LogP contribution in [0.5, 0.6) is 0 Å². The molecular weight excluding hydrogens is 398 g/mol. The Morgan fingerprint density at radius 3 is 2.47 bits per heavy atom. The Morgan fingerprint density at radius 1 is 1.10 bits per heavy atom. The number of Topliss-reactive ketones (excluding diaryl/α,β-unsaturated/α-hetero) is 1. The molecule has 0 bridgehead atoms. The molecule has 30 heavy (non-hydrogen) atoms. The summed E-state index contributed by atoms with van der Waals surface area (Å²) in [5.41, 5.74) is 3.34. The molecule has 0 atom stereocenters. The van der Waals surface area contributed by atoms with E-state index in [1.165, 1.54) is 18.7 Å².